The summed E-state index contributed by atoms with van der Waals surface area (Å²) in [6.07, 6.45) is 0.629. The van der Waals surface area contributed by atoms with Crippen molar-refractivity contribution in [3.8, 4) is 0 Å². The number of carbonyl (C=O) groups is 2. The Balaban J connectivity index is 1.96. The van der Waals surface area contributed by atoms with Crippen LogP contribution in [0.15, 0.2) is 12.7 Å². The summed E-state index contributed by atoms with van der Waals surface area (Å²) in [5.41, 5.74) is 6.58. The number of ether oxygens (including phenoxy) is 1. The second kappa shape index (κ2) is 8.39. The molecule has 2 heterocycles. The number of nitrogen functional groups attached to an aromatic ring is 1. The second-order valence-corrected chi connectivity index (χ2v) is 7.67. The summed E-state index contributed by atoms with van der Waals surface area (Å²) < 4.78 is 19.0. The van der Waals surface area contributed by atoms with Crippen LogP contribution in [0.4, 0.5) is 5.82 Å². The van der Waals surface area contributed by atoms with Crippen LogP contribution >= 0.6 is 7.52 Å². The average Bonchev–Trinajstić information content (AvgIpc) is 2.96. The molecule has 0 fully saturated rings. The summed E-state index contributed by atoms with van der Waals surface area (Å²) in [4.78, 5) is 43.4. The molecule has 0 aliphatic carbocycles. The predicted molar refractivity (Wildman–Crippen MR) is 91.8 cm³/mol. The first kappa shape index (κ1) is 20.7. The number of hydrogen-bond acceptors (Lipinski definition) is 8. The first-order chi connectivity index (χ1) is 12.6. The molecule has 3 atom stereocenters. The molecule has 0 saturated heterocycles. The zero-order valence-electron chi connectivity index (χ0n) is 14.2. The molecule has 2 rings (SSSR count). The molecule has 6 N–H and O–H groups in total. The zero-order chi connectivity index (χ0) is 20.2. The smallest absolute Gasteiger partial charge is 0.321 e. The van der Waals surface area contributed by atoms with Gasteiger partial charge >= 0.3 is 11.9 Å². The van der Waals surface area contributed by atoms with E-state index in [0.29, 0.717) is 11.2 Å². The van der Waals surface area contributed by atoms with E-state index in [1.54, 1.807) is 11.5 Å². The average molecular weight is 402 g/mol. The molecule has 1 unspecified atom stereocenters. The van der Waals surface area contributed by atoms with Gasteiger partial charge in [-0.05, 0) is 6.92 Å². The first-order valence-electron chi connectivity index (χ1n) is 7.66. The van der Waals surface area contributed by atoms with E-state index in [0.717, 1.165) is 0 Å². The third kappa shape index (κ3) is 5.69. The molecule has 148 valence electrons. The Morgan fingerprint density at radius 2 is 2.07 bits per heavy atom. The van der Waals surface area contributed by atoms with E-state index < -0.39 is 44.4 Å². The van der Waals surface area contributed by atoms with Gasteiger partial charge in [0.05, 0.1) is 25.4 Å². The van der Waals surface area contributed by atoms with Crippen molar-refractivity contribution in [2.75, 3.05) is 12.1 Å². The lowest BCUT2D eigenvalue weighted by Gasteiger charge is -2.20. The number of nitrogens with two attached hydrogens (primary N) is 1. The van der Waals surface area contributed by atoms with Crippen LogP contribution in [-0.4, -0.2) is 65.1 Å². The first-order valence-corrected chi connectivity index (χ1v) is 9.50. The van der Waals surface area contributed by atoms with Crippen LogP contribution in [0.25, 0.3) is 11.2 Å². The molecule has 0 aliphatic rings. The minimum atomic E-state index is -4.25. The maximum atomic E-state index is 12.1. The van der Waals surface area contributed by atoms with Gasteiger partial charge in [-0.25, -0.2) is 20.0 Å². The number of rotatable bonds is 10. The van der Waals surface area contributed by atoms with E-state index in [1.807, 2.05) is 5.09 Å². The maximum Gasteiger partial charge on any atom is 0.321 e. The summed E-state index contributed by atoms with van der Waals surface area (Å²) >= 11 is 0. The van der Waals surface area contributed by atoms with E-state index in [-0.39, 0.29) is 12.4 Å². The standard InChI is InChI=1S/C13H19N6O7P/c1-7(3-19-5-17-10-11(14)15-4-16-12(10)19)26-6-27(24,25)18-8(13(22)23)2-9(20)21/h4-5,7-8H,2-3,6H2,1H3,(H,20,21)(H,22,23)(H2,14,15,16)(H2,18,24,25)/t7-,8-/m1/s1. The van der Waals surface area contributed by atoms with E-state index in [4.69, 9.17) is 20.7 Å². The lowest BCUT2D eigenvalue weighted by Crippen LogP contribution is -2.37. The number of nitrogens with one attached hydrogen (secondary N) is 1. The van der Waals surface area contributed by atoms with Gasteiger partial charge in [0.15, 0.2) is 11.5 Å². The fourth-order valence-corrected chi connectivity index (χ4v) is 3.45. The van der Waals surface area contributed by atoms with Crippen molar-refractivity contribution < 1.29 is 34.0 Å². The van der Waals surface area contributed by atoms with Crippen molar-refractivity contribution in [2.45, 2.75) is 32.0 Å². The summed E-state index contributed by atoms with van der Waals surface area (Å²) in [5, 5.41) is 19.5. The van der Waals surface area contributed by atoms with Gasteiger partial charge in [0.25, 0.3) is 7.52 Å². The monoisotopic (exact) mass is 402 g/mol. The lowest BCUT2D eigenvalue weighted by atomic mass is 10.2. The number of aromatic nitrogens is 4. The Morgan fingerprint density at radius 3 is 2.70 bits per heavy atom. The van der Waals surface area contributed by atoms with Crippen LogP contribution in [0.2, 0.25) is 0 Å². The molecule has 13 nitrogen and oxygen atoms in total. The van der Waals surface area contributed by atoms with E-state index >= 15 is 0 Å². The van der Waals surface area contributed by atoms with Gasteiger partial charge in [-0.1, -0.05) is 0 Å². The molecule has 0 bridgehead atoms. The predicted octanol–water partition coefficient (Wildman–Crippen LogP) is -0.526. The number of anilines is 1. The van der Waals surface area contributed by atoms with Gasteiger partial charge in [0, 0.05) is 0 Å². The Hall–Kier alpha value is -2.60. The quantitative estimate of drug-likeness (QED) is 0.318. The van der Waals surface area contributed by atoms with Gasteiger partial charge in [0.1, 0.15) is 24.2 Å². The Labute approximate surface area is 152 Å². The summed E-state index contributed by atoms with van der Waals surface area (Å²) in [7, 11) is -4.25. The molecule has 27 heavy (non-hydrogen) atoms. The highest BCUT2D eigenvalue weighted by molar-refractivity contribution is 7.55. The molecule has 0 spiro atoms. The fraction of sp³-hybridized carbons (Fsp3) is 0.462. The second-order valence-electron chi connectivity index (χ2n) is 5.75. The number of hydrogen-bond donors (Lipinski definition) is 5. The maximum absolute atomic E-state index is 12.1. The molecular weight excluding hydrogens is 383 g/mol. The minimum absolute atomic E-state index is 0.217. The Kier molecular flexibility index (Phi) is 6.44. The molecule has 0 saturated carbocycles. The third-order valence-corrected chi connectivity index (χ3v) is 4.67. The molecule has 2 aromatic heterocycles. The molecule has 0 amide bonds. The highest BCUT2D eigenvalue weighted by Crippen LogP contribution is 2.36. The summed E-state index contributed by atoms with van der Waals surface area (Å²) in [6.45, 7) is 1.85. The Bertz CT molecular complexity index is 887. The number of imidazole rings is 1. The van der Waals surface area contributed by atoms with Crippen molar-refractivity contribution >= 4 is 36.4 Å². The van der Waals surface area contributed by atoms with Crippen molar-refractivity contribution in [3.63, 3.8) is 0 Å². The van der Waals surface area contributed by atoms with Gasteiger partial charge in [0.2, 0.25) is 0 Å². The molecule has 0 aliphatic heterocycles. The summed E-state index contributed by atoms with van der Waals surface area (Å²) in [6, 6.07) is -1.71. The molecule has 14 heteroatoms. The van der Waals surface area contributed by atoms with E-state index in [2.05, 4.69) is 15.0 Å². The van der Waals surface area contributed by atoms with Gasteiger partial charge < -0.3 is 30.1 Å². The number of nitrogens with zero attached hydrogens (tertiary/aromatic N) is 4. The summed E-state index contributed by atoms with van der Waals surface area (Å²) in [5.74, 6) is -2.76. The number of fused-ring (bicyclic) bond motifs is 1. The van der Waals surface area contributed by atoms with Crippen molar-refractivity contribution in [2.24, 2.45) is 0 Å². The highest BCUT2D eigenvalue weighted by atomic mass is 31.2. The van der Waals surface area contributed by atoms with Crippen LogP contribution in [0.5, 0.6) is 0 Å². The van der Waals surface area contributed by atoms with Gasteiger partial charge in [-0.15, -0.1) is 0 Å². The van der Waals surface area contributed by atoms with Crippen molar-refractivity contribution in [3.05, 3.63) is 12.7 Å². The highest BCUT2D eigenvalue weighted by Gasteiger charge is 2.30. The largest absolute Gasteiger partial charge is 0.481 e. The van der Waals surface area contributed by atoms with Crippen LogP contribution in [0.3, 0.4) is 0 Å². The SMILES string of the molecule is C[C@H](Cn1cnc2c(N)ncnc21)OCP(=O)(O)N[C@H](CC(=O)O)C(=O)O. The van der Waals surface area contributed by atoms with E-state index in [1.165, 1.54) is 12.7 Å². The van der Waals surface area contributed by atoms with Crippen molar-refractivity contribution in [1.82, 2.24) is 24.6 Å². The number of carboxylic acids is 2. The normalized spacial score (nSPS) is 15.9. The van der Waals surface area contributed by atoms with Gasteiger partial charge in [-0.2, -0.15) is 0 Å². The van der Waals surface area contributed by atoms with Crippen LogP contribution in [-0.2, 0) is 25.4 Å². The molecular formula is C13H19N6O7P. The lowest BCUT2D eigenvalue weighted by molar-refractivity contribution is -0.145. The zero-order valence-corrected chi connectivity index (χ0v) is 15.1. The number of aliphatic carboxylic acids is 2. The minimum Gasteiger partial charge on any atom is -0.481 e. The fourth-order valence-electron chi connectivity index (χ4n) is 2.23. The van der Waals surface area contributed by atoms with Gasteiger partial charge in [-0.3, -0.25) is 14.2 Å². The molecule has 2 aromatic rings. The van der Waals surface area contributed by atoms with Crippen LogP contribution in [0.1, 0.15) is 13.3 Å². The number of carboxylic acid groups (broad SMARTS) is 2. The van der Waals surface area contributed by atoms with Crippen molar-refractivity contribution in [1.29, 1.82) is 0 Å². The third-order valence-electron chi connectivity index (χ3n) is 3.45. The molecule has 0 radical (unpaired) electrons. The van der Waals surface area contributed by atoms with Crippen LogP contribution < -0.4 is 10.8 Å². The topological polar surface area (TPSA) is 203 Å². The van der Waals surface area contributed by atoms with Crippen LogP contribution in [0, 0.1) is 0 Å². The molecule has 0 aromatic carbocycles. The Morgan fingerprint density at radius 1 is 1.37 bits per heavy atom. The van der Waals surface area contributed by atoms with E-state index in [9.17, 15) is 19.0 Å².